The molecule has 26 heavy (non-hydrogen) atoms. The normalized spacial score (nSPS) is 14.1. The highest BCUT2D eigenvalue weighted by Gasteiger charge is 2.36. The number of carbonyl (C=O) groups excluding carboxylic acids is 1. The van der Waals surface area contributed by atoms with Crippen molar-refractivity contribution in [2.45, 2.75) is 5.92 Å². The topological polar surface area (TPSA) is 94.2 Å². The van der Waals surface area contributed by atoms with Gasteiger partial charge in [0, 0.05) is 25.5 Å². The average molecular weight is 355 g/mol. The molecule has 4 rings (SSSR count). The maximum Gasteiger partial charge on any atom is 0.260 e. The molecule has 132 valence electrons. The van der Waals surface area contributed by atoms with E-state index in [0.29, 0.717) is 30.6 Å². The first-order chi connectivity index (χ1) is 12.7. The van der Waals surface area contributed by atoms with Gasteiger partial charge in [-0.1, -0.05) is 17.3 Å². The van der Waals surface area contributed by atoms with E-state index in [9.17, 15) is 9.18 Å². The number of benzene rings is 1. The average Bonchev–Trinajstić information content (AvgIpc) is 3.10. The van der Waals surface area contributed by atoms with Crippen molar-refractivity contribution in [1.82, 2.24) is 25.0 Å². The highest BCUT2D eigenvalue weighted by Crippen LogP contribution is 2.27. The van der Waals surface area contributed by atoms with Crippen LogP contribution >= 0.6 is 0 Å². The molecular formula is C17H14FN5O3. The first kappa shape index (κ1) is 16.1. The van der Waals surface area contributed by atoms with Crippen molar-refractivity contribution in [2.75, 3.05) is 19.7 Å². The van der Waals surface area contributed by atoms with Crippen LogP contribution in [0.15, 0.2) is 47.2 Å². The summed E-state index contributed by atoms with van der Waals surface area (Å²) in [7, 11) is 0. The Hall–Kier alpha value is -3.36. The minimum atomic E-state index is -0.497. The second-order valence-electron chi connectivity index (χ2n) is 5.74. The van der Waals surface area contributed by atoms with E-state index < -0.39 is 5.82 Å². The number of aromatic nitrogens is 4. The molecule has 1 amide bonds. The summed E-state index contributed by atoms with van der Waals surface area (Å²) in [6.07, 6.45) is 3.19. The van der Waals surface area contributed by atoms with Crippen molar-refractivity contribution in [3.63, 3.8) is 0 Å². The van der Waals surface area contributed by atoms with Crippen LogP contribution in [0.5, 0.6) is 5.75 Å². The third kappa shape index (κ3) is 3.23. The van der Waals surface area contributed by atoms with Crippen LogP contribution in [0.3, 0.4) is 0 Å². The largest absolute Gasteiger partial charge is 0.481 e. The SMILES string of the molecule is O=C(COc1ccccc1F)N1CC(c2nc(-c3ncccn3)no2)C1. The molecule has 0 radical (unpaired) electrons. The summed E-state index contributed by atoms with van der Waals surface area (Å²) in [4.78, 5) is 26.1. The first-order valence-corrected chi connectivity index (χ1v) is 7.97. The molecule has 0 aliphatic carbocycles. The van der Waals surface area contributed by atoms with Gasteiger partial charge < -0.3 is 14.2 Å². The minimum Gasteiger partial charge on any atom is -0.481 e. The van der Waals surface area contributed by atoms with Gasteiger partial charge in [0.25, 0.3) is 5.91 Å². The fourth-order valence-corrected chi connectivity index (χ4v) is 2.54. The quantitative estimate of drug-likeness (QED) is 0.687. The van der Waals surface area contributed by atoms with E-state index in [1.807, 2.05) is 0 Å². The third-order valence-corrected chi connectivity index (χ3v) is 3.98. The maximum atomic E-state index is 13.5. The number of ether oxygens (including phenoxy) is 1. The number of rotatable bonds is 5. The predicted octanol–water partition coefficient (Wildman–Crippen LogP) is 1.67. The summed E-state index contributed by atoms with van der Waals surface area (Å²) in [6.45, 7) is 0.661. The van der Waals surface area contributed by atoms with Crippen molar-refractivity contribution >= 4 is 5.91 Å². The molecule has 0 N–H and O–H groups in total. The summed E-state index contributed by atoms with van der Waals surface area (Å²) in [5.41, 5.74) is 0. The number of amides is 1. The third-order valence-electron chi connectivity index (χ3n) is 3.98. The molecule has 1 aromatic carbocycles. The molecule has 3 heterocycles. The Kier molecular flexibility index (Phi) is 4.26. The summed E-state index contributed by atoms with van der Waals surface area (Å²) >= 11 is 0. The van der Waals surface area contributed by atoms with Gasteiger partial charge in [0.05, 0.1) is 5.92 Å². The van der Waals surface area contributed by atoms with Gasteiger partial charge in [-0.3, -0.25) is 4.79 Å². The van der Waals surface area contributed by atoms with Crippen LogP contribution in [0.1, 0.15) is 11.8 Å². The summed E-state index contributed by atoms with van der Waals surface area (Å²) in [5.74, 6) is 0.423. The van der Waals surface area contributed by atoms with E-state index in [1.54, 1.807) is 35.5 Å². The van der Waals surface area contributed by atoms with Gasteiger partial charge in [-0.25, -0.2) is 14.4 Å². The summed E-state index contributed by atoms with van der Waals surface area (Å²) in [6, 6.07) is 7.66. The molecular weight excluding hydrogens is 341 g/mol. The summed E-state index contributed by atoms with van der Waals surface area (Å²) in [5, 5.41) is 3.86. The molecule has 1 aliphatic rings. The molecule has 0 bridgehead atoms. The van der Waals surface area contributed by atoms with Crippen LogP contribution in [0.2, 0.25) is 0 Å². The zero-order valence-corrected chi connectivity index (χ0v) is 13.6. The Morgan fingerprint density at radius 3 is 2.73 bits per heavy atom. The smallest absolute Gasteiger partial charge is 0.260 e. The highest BCUT2D eigenvalue weighted by molar-refractivity contribution is 5.78. The molecule has 1 fully saturated rings. The lowest BCUT2D eigenvalue weighted by Gasteiger charge is -2.36. The fraction of sp³-hybridized carbons (Fsp3) is 0.235. The van der Waals surface area contributed by atoms with Crippen LogP contribution < -0.4 is 4.74 Å². The van der Waals surface area contributed by atoms with Crippen LogP contribution in [-0.2, 0) is 4.79 Å². The van der Waals surface area contributed by atoms with Gasteiger partial charge in [0.1, 0.15) is 0 Å². The zero-order chi connectivity index (χ0) is 17.9. The van der Waals surface area contributed by atoms with E-state index in [-0.39, 0.29) is 24.2 Å². The Bertz CT molecular complexity index is 912. The van der Waals surface area contributed by atoms with Crippen molar-refractivity contribution in [3.05, 3.63) is 54.4 Å². The fourth-order valence-electron chi connectivity index (χ4n) is 2.54. The number of nitrogens with zero attached hydrogens (tertiary/aromatic N) is 5. The number of likely N-dealkylation sites (tertiary alicyclic amines) is 1. The second kappa shape index (κ2) is 6.87. The van der Waals surface area contributed by atoms with Gasteiger partial charge in [0.2, 0.25) is 17.5 Å². The van der Waals surface area contributed by atoms with Crippen molar-refractivity contribution in [1.29, 1.82) is 0 Å². The zero-order valence-electron chi connectivity index (χ0n) is 13.6. The monoisotopic (exact) mass is 355 g/mol. The lowest BCUT2D eigenvalue weighted by atomic mass is 10.0. The maximum absolute atomic E-state index is 13.5. The lowest BCUT2D eigenvalue weighted by Crippen LogP contribution is -2.50. The molecule has 0 atom stereocenters. The first-order valence-electron chi connectivity index (χ1n) is 7.97. The summed E-state index contributed by atoms with van der Waals surface area (Å²) < 4.78 is 23.9. The predicted molar refractivity (Wildman–Crippen MR) is 86.5 cm³/mol. The van der Waals surface area contributed by atoms with Crippen LogP contribution in [0, 0.1) is 5.82 Å². The molecule has 1 saturated heterocycles. The number of hydrogen-bond donors (Lipinski definition) is 0. The van der Waals surface area contributed by atoms with Crippen LogP contribution in [-0.4, -0.2) is 50.6 Å². The molecule has 1 aliphatic heterocycles. The molecule has 3 aromatic rings. The number of hydrogen-bond acceptors (Lipinski definition) is 7. The lowest BCUT2D eigenvalue weighted by molar-refractivity contribution is -0.138. The van der Waals surface area contributed by atoms with Gasteiger partial charge >= 0.3 is 0 Å². The van der Waals surface area contributed by atoms with Crippen molar-refractivity contribution in [2.24, 2.45) is 0 Å². The van der Waals surface area contributed by atoms with E-state index in [2.05, 4.69) is 20.1 Å². The molecule has 0 unspecified atom stereocenters. The molecule has 9 heteroatoms. The van der Waals surface area contributed by atoms with Crippen LogP contribution in [0.4, 0.5) is 4.39 Å². The molecule has 0 spiro atoms. The second-order valence-corrected chi connectivity index (χ2v) is 5.74. The molecule has 0 saturated carbocycles. The number of halogens is 1. The standard InChI is InChI=1S/C17H14FN5O3/c18-12-4-1-2-5-13(12)25-10-14(24)23-8-11(9-23)17-21-16(22-26-17)15-19-6-3-7-20-15/h1-7,11H,8-10H2. The molecule has 8 nitrogen and oxygen atoms in total. The highest BCUT2D eigenvalue weighted by atomic mass is 19.1. The van der Waals surface area contributed by atoms with Gasteiger partial charge in [-0.05, 0) is 18.2 Å². The molecule has 2 aromatic heterocycles. The Balaban J connectivity index is 1.31. The Labute approximate surface area is 147 Å². The van der Waals surface area contributed by atoms with E-state index in [1.165, 1.54) is 12.1 Å². The van der Waals surface area contributed by atoms with E-state index in [4.69, 9.17) is 9.26 Å². The van der Waals surface area contributed by atoms with Gasteiger partial charge in [-0.2, -0.15) is 4.98 Å². The van der Waals surface area contributed by atoms with Gasteiger partial charge in [0.15, 0.2) is 18.2 Å². The van der Waals surface area contributed by atoms with E-state index >= 15 is 0 Å². The Morgan fingerprint density at radius 1 is 1.19 bits per heavy atom. The van der Waals surface area contributed by atoms with Crippen molar-refractivity contribution in [3.8, 4) is 17.4 Å². The van der Waals surface area contributed by atoms with E-state index in [0.717, 1.165) is 0 Å². The van der Waals surface area contributed by atoms with Crippen molar-refractivity contribution < 1.29 is 18.4 Å². The Morgan fingerprint density at radius 2 is 1.96 bits per heavy atom. The number of carbonyl (C=O) groups is 1. The van der Waals surface area contributed by atoms with Crippen LogP contribution in [0.25, 0.3) is 11.6 Å². The van der Waals surface area contributed by atoms with Gasteiger partial charge in [-0.15, -0.1) is 0 Å². The minimum absolute atomic E-state index is 0.0441. The number of para-hydroxylation sites is 1.